The van der Waals surface area contributed by atoms with Gasteiger partial charge in [-0.1, -0.05) is 30.3 Å². The highest BCUT2D eigenvalue weighted by molar-refractivity contribution is 5.84. The van der Waals surface area contributed by atoms with Gasteiger partial charge in [0.2, 0.25) is 0 Å². The topological polar surface area (TPSA) is 84.7 Å². The normalized spacial score (nSPS) is 11.5. The van der Waals surface area contributed by atoms with Gasteiger partial charge in [0.1, 0.15) is 12.6 Å². The number of hydrogen-bond acceptors (Lipinski definition) is 4. The average Bonchev–Trinajstić information content (AvgIpc) is 2.36. The molecule has 0 saturated carbocycles. The molecule has 0 radical (unpaired) electrons. The number of ether oxygens (including phenoxy) is 1. The molecule has 0 aliphatic heterocycles. The number of carbonyl (C=O) groups excluding carboxylic acids is 2. The molecule has 1 aromatic carbocycles. The lowest BCUT2D eigenvalue weighted by molar-refractivity contribution is -0.131. The number of carbonyl (C=O) groups is 2. The molecule has 18 heavy (non-hydrogen) atoms. The fraction of sp³-hybridized carbons (Fsp3) is 0.333. The standard InChI is InChI=1S/C12H17N3O3/c1-9(11(16)15(2)13)14-12(17)18-8-10-6-4-3-5-7-10/h3-7,9H,8,13H2,1-2H3,(H,14,17)/t9-/m0/s1. The molecule has 0 spiro atoms. The number of hydrazine groups is 1. The number of benzene rings is 1. The van der Waals surface area contributed by atoms with Gasteiger partial charge in [-0.2, -0.15) is 0 Å². The van der Waals surface area contributed by atoms with Crippen LogP contribution in [0.2, 0.25) is 0 Å². The van der Waals surface area contributed by atoms with E-state index in [4.69, 9.17) is 10.6 Å². The summed E-state index contributed by atoms with van der Waals surface area (Å²) < 4.78 is 4.97. The Balaban J connectivity index is 2.36. The number of likely N-dealkylation sites (N-methyl/N-ethyl adjacent to an activating group) is 1. The van der Waals surface area contributed by atoms with Crippen LogP contribution in [0.1, 0.15) is 12.5 Å². The third-order valence-corrected chi connectivity index (χ3v) is 2.27. The molecule has 0 bridgehead atoms. The smallest absolute Gasteiger partial charge is 0.408 e. The zero-order chi connectivity index (χ0) is 13.5. The Kier molecular flexibility index (Phi) is 5.13. The van der Waals surface area contributed by atoms with Crippen LogP contribution in [0, 0.1) is 0 Å². The van der Waals surface area contributed by atoms with Crippen LogP contribution in [0.3, 0.4) is 0 Å². The monoisotopic (exact) mass is 251 g/mol. The predicted molar refractivity (Wildman–Crippen MR) is 66.2 cm³/mol. The number of alkyl carbamates (subject to hydrolysis) is 1. The molecule has 3 N–H and O–H groups in total. The third-order valence-electron chi connectivity index (χ3n) is 2.27. The van der Waals surface area contributed by atoms with Gasteiger partial charge in [-0.05, 0) is 12.5 Å². The Morgan fingerprint density at radius 3 is 2.56 bits per heavy atom. The van der Waals surface area contributed by atoms with Crippen molar-refractivity contribution in [3.05, 3.63) is 35.9 Å². The minimum atomic E-state index is -0.719. The lowest BCUT2D eigenvalue weighted by atomic mass is 10.2. The van der Waals surface area contributed by atoms with Crippen molar-refractivity contribution in [3.8, 4) is 0 Å². The Morgan fingerprint density at radius 2 is 2.00 bits per heavy atom. The number of nitrogens with one attached hydrogen (secondary N) is 1. The first-order valence-electron chi connectivity index (χ1n) is 5.50. The van der Waals surface area contributed by atoms with Crippen LogP contribution in [-0.2, 0) is 16.1 Å². The molecule has 2 amide bonds. The average molecular weight is 251 g/mol. The number of nitrogens with zero attached hydrogens (tertiary/aromatic N) is 1. The second-order valence-corrected chi connectivity index (χ2v) is 3.88. The maximum atomic E-state index is 11.4. The van der Waals surface area contributed by atoms with E-state index in [1.165, 1.54) is 14.0 Å². The van der Waals surface area contributed by atoms with Crippen molar-refractivity contribution in [3.63, 3.8) is 0 Å². The number of rotatable bonds is 4. The summed E-state index contributed by atoms with van der Waals surface area (Å²) in [4.78, 5) is 22.8. The molecule has 1 rings (SSSR count). The maximum absolute atomic E-state index is 11.4. The van der Waals surface area contributed by atoms with E-state index in [-0.39, 0.29) is 6.61 Å². The zero-order valence-electron chi connectivity index (χ0n) is 10.4. The zero-order valence-corrected chi connectivity index (χ0v) is 10.4. The van der Waals surface area contributed by atoms with Gasteiger partial charge in [0.15, 0.2) is 0 Å². The summed E-state index contributed by atoms with van der Waals surface area (Å²) in [6, 6.07) is 8.55. The summed E-state index contributed by atoms with van der Waals surface area (Å²) in [5.74, 6) is 4.87. The summed E-state index contributed by atoms with van der Waals surface area (Å²) in [6.07, 6.45) is -0.651. The van der Waals surface area contributed by atoms with E-state index >= 15 is 0 Å². The summed E-state index contributed by atoms with van der Waals surface area (Å²) in [7, 11) is 1.41. The predicted octanol–water partition coefficient (Wildman–Crippen LogP) is 0.633. The second-order valence-electron chi connectivity index (χ2n) is 3.88. The molecular weight excluding hydrogens is 234 g/mol. The molecule has 6 nitrogen and oxygen atoms in total. The van der Waals surface area contributed by atoms with Gasteiger partial charge < -0.3 is 10.1 Å². The molecule has 0 unspecified atom stereocenters. The van der Waals surface area contributed by atoms with Gasteiger partial charge in [-0.3, -0.25) is 9.80 Å². The van der Waals surface area contributed by atoms with Crippen molar-refractivity contribution in [2.75, 3.05) is 7.05 Å². The van der Waals surface area contributed by atoms with Gasteiger partial charge in [0, 0.05) is 7.05 Å². The van der Waals surface area contributed by atoms with Crippen LogP contribution in [-0.4, -0.2) is 30.1 Å². The molecule has 1 aromatic rings. The summed E-state index contributed by atoms with van der Waals surface area (Å²) in [6.45, 7) is 1.70. The lowest BCUT2D eigenvalue weighted by Gasteiger charge is -2.17. The highest BCUT2D eigenvalue weighted by atomic mass is 16.5. The fourth-order valence-electron chi connectivity index (χ4n) is 1.31. The number of nitrogens with two attached hydrogens (primary N) is 1. The molecule has 0 heterocycles. The van der Waals surface area contributed by atoms with Gasteiger partial charge >= 0.3 is 6.09 Å². The van der Waals surface area contributed by atoms with Crippen molar-refractivity contribution >= 4 is 12.0 Å². The minimum Gasteiger partial charge on any atom is -0.445 e. The van der Waals surface area contributed by atoms with Gasteiger partial charge in [-0.15, -0.1) is 0 Å². The fourth-order valence-corrected chi connectivity index (χ4v) is 1.31. The highest BCUT2D eigenvalue weighted by Crippen LogP contribution is 2.00. The first-order valence-corrected chi connectivity index (χ1v) is 5.50. The molecule has 0 saturated heterocycles. The quantitative estimate of drug-likeness (QED) is 0.467. The van der Waals surface area contributed by atoms with Crippen molar-refractivity contribution in [2.24, 2.45) is 5.84 Å². The summed E-state index contributed by atoms with van der Waals surface area (Å²) >= 11 is 0. The van der Waals surface area contributed by atoms with Crippen LogP contribution in [0.5, 0.6) is 0 Å². The van der Waals surface area contributed by atoms with Crippen LogP contribution in [0.25, 0.3) is 0 Å². The largest absolute Gasteiger partial charge is 0.445 e. The van der Waals surface area contributed by atoms with E-state index in [0.29, 0.717) is 0 Å². The van der Waals surface area contributed by atoms with E-state index in [9.17, 15) is 9.59 Å². The lowest BCUT2D eigenvalue weighted by Crippen LogP contribution is -2.48. The Hall–Kier alpha value is -2.08. The van der Waals surface area contributed by atoms with Crippen LogP contribution in [0.15, 0.2) is 30.3 Å². The maximum Gasteiger partial charge on any atom is 0.408 e. The van der Waals surface area contributed by atoms with Crippen molar-refractivity contribution in [2.45, 2.75) is 19.6 Å². The molecule has 0 aliphatic rings. The van der Waals surface area contributed by atoms with E-state index in [0.717, 1.165) is 10.6 Å². The van der Waals surface area contributed by atoms with E-state index < -0.39 is 18.0 Å². The second kappa shape index (κ2) is 6.61. The third kappa shape index (κ3) is 4.42. The van der Waals surface area contributed by atoms with Crippen molar-refractivity contribution in [1.29, 1.82) is 0 Å². The molecule has 0 aromatic heterocycles. The molecule has 1 atom stereocenters. The minimum absolute atomic E-state index is 0.159. The molecule has 0 fully saturated rings. The Labute approximate surface area is 106 Å². The van der Waals surface area contributed by atoms with Gasteiger partial charge in [-0.25, -0.2) is 10.6 Å². The van der Waals surface area contributed by atoms with Gasteiger partial charge in [0.25, 0.3) is 5.91 Å². The molecule has 6 heteroatoms. The molecule has 0 aliphatic carbocycles. The SMILES string of the molecule is C[C@H](NC(=O)OCc1ccccc1)C(=O)N(C)N. The molecular formula is C12H17N3O3. The van der Waals surface area contributed by atoms with Crippen molar-refractivity contribution in [1.82, 2.24) is 10.3 Å². The summed E-state index contributed by atoms with van der Waals surface area (Å²) in [5.41, 5.74) is 0.877. The van der Waals surface area contributed by atoms with E-state index in [1.54, 1.807) is 0 Å². The van der Waals surface area contributed by atoms with Crippen LogP contribution >= 0.6 is 0 Å². The van der Waals surface area contributed by atoms with E-state index in [1.807, 2.05) is 30.3 Å². The van der Waals surface area contributed by atoms with Crippen LogP contribution in [0.4, 0.5) is 4.79 Å². The Morgan fingerprint density at radius 1 is 1.39 bits per heavy atom. The summed E-state index contributed by atoms with van der Waals surface area (Å²) in [5, 5.41) is 3.32. The first-order chi connectivity index (χ1) is 8.50. The first kappa shape index (κ1) is 14.0. The number of hydrogen-bond donors (Lipinski definition) is 2. The number of amides is 2. The van der Waals surface area contributed by atoms with Crippen LogP contribution < -0.4 is 11.2 Å². The van der Waals surface area contributed by atoms with Gasteiger partial charge in [0.05, 0.1) is 0 Å². The Bertz CT molecular complexity index is 406. The highest BCUT2D eigenvalue weighted by Gasteiger charge is 2.18. The van der Waals surface area contributed by atoms with E-state index in [2.05, 4.69) is 5.32 Å². The molecule has 98 valence electrons. The van der Waals surface area contributed by atoms with Crippen molar-refractivity contribution < 1.29 is 14.3 Å².